The van der Waals surface area contributed by atoms with Gasteiger partial charge in [-0.1, -0.05) is 30.3 Å². The molecule has 2 rings (SSSR count). The van der Waals surface area contributed by atoms with Crippen LogP contribution in [0.2, 0.25) is 0 Å². The summed E-state index contributed by atoms with van der Waals surface area (Å²) in [6.07, 6.45) is 0.812. The van der Waals surface area contributed by atoms with Gasteiger partial charge >= 0.3 is 12.1 Å². The highest BCUT2D eigenvalue weighted by Gasteiger charge is 2.34. The summed E-state index contributed by atoms with van der Waals surface area (Å²) < 4.78 is 0. The monoisotopic (exact) mass is 318 g/mol. The first-order valence-electron chi connectivity index (χ1n) is 7.88. The van der Waals surface area contributed by atoms with Crippen molar-refractivity contribution >= 4 is 12.1 Å². The van der Waals surface area contributed by atoms with E-state index in [9.17, 15) is 9.59 Å². The zero-order valence-electron chi connectivity index (χ0n) is 14.4. The minimum absolute atomic E-state index is 0.00413. The number of amides is 4. The molecule has 6 nitrogen and oxygen atoms in total. The molecule has 6 heteroatoms. The smallest absolute Gasteiger partial charge is 0.320 e. The van der Waals surface area contributed by atoms with E-state index in [1.54, 1.807) is 38.0 Å². The Morgan fingerprint density at radius 1 is 1.09 bits per heavy atom. The van der Waals surface area contributed by atoms with Crippen LogP contribution in [0.4, 0.5) is 9.59 Å². The van der Waals surface area contributed by atoms with Crippen molar-refractivity contribution in [1.82, 2.24) is 19.6 Å². The van der Waals surface area contributed by atoms with E-state index < -0.39 is 0 Å². The van der Waals surface area contributed by atoms with Crippen LogP contribution in [0.1, 0.15) is 12.0 Å². The predicted octanol–water partition coefficient (Wildman–Crippen LogP) is 1.93. The molecule has 1 heterocycles. The Labute approximate surface area is 138 Å². The van der Waals surface area contributed by atoms with E-state index in [2.05, 4.69) is 0 Å². The summed E-state index contributed by atoms with van der Waals surface area (Å²) in [7, 11) is 7.03. The Morgan fingerprint density at radius 3 is 2.30 bits per heavy atom. The third-order valence-corrected chi connectivity index (χ3v) is 4.08. The molecular weight excluding hydrogens is 292 g/mol. The lowest BCUT2D eigenvalue weighted by Gasteiger charge is -2.32. The van der Waals surface area contributed by atoms with Gasteiger partial charge in [-0.3, -0.25) is 0 Å². The van der Waals surface area contributed by atoms with Gasteiger partial charge in [0.05, 0.1) is 6.04 Å². The van der Waals surface area contributed by atoms with E-state index in [0.717, 1.165) is 12.0 Å². The van der Waals surface area contributed by atoms with Crippen molar-refractivity contribution in [3.63, 3.8) is 0 Å². The number of carbonyl (C=O) groups is 2. The Hall–Kier alpha value is -2.24. The third kappa shape index (κ3) is 4.15. The summed E-state index contributed by atoms with van der Waals surface area (Å²) in [6.45, 7) is 1.84. The molecular formula is C17H26N4O2. The summed E-state index contributed by atoms with van der Waals surface area (Å²) in [5.74, 6) is 0. The Morgan fingerprint density at radius 2 is 1.74 bits per heavy atom. The van der Waals surface area contributed by atoms with E-state index >= 15 is 0 Å². The Balaban J connectivity index is 2.12. The number of hydrogen-bond donors (Lipinski definition) is 0. The number of rotatable bonds is 3. The van der Waals surface area contributed by atoms with E-state index in [-0.39, 0.29) is 18.1 Å². The van der Waals surface area contributed by atoms with Crippen LogP contribution in [0.3, 0.4) is 0 Å². The second-order valence-corrected chi connectivity index (χ2v) is 6.36. The molecule has 0 radical (unpaired) electrons. The topological polar surface area (TPSA) is 47.1 Å². The minimum Gasteiger partial charge on any atom is -0.331 e. The van der Waals surface area contributed by atoms with Gasteiger partial charge in [-0.15, -0.1) is 0 Å². The lowest BCUT2D eigenvalue weighted by atomic mass is 10.1. The number of benzene rings is 1. The molecule has 4 amide bonds. The molecule has 1 aliphatic heterocycles. The number of hydrogen-bond acceptors (Lipinski definition) is 2. The largest absolute Gasteiger partial charge is 0.331 e. The van der Waals surface area contributed by atoms with Crippen molar-refractivity contribution in [2.24, 2.45) is 0 Å². The molecule has 0 saturated carbocycles. The molecule has 23 heavy (non-hydrogen) atoms. The van der Waals surface area contributed by atoms with E-state index in [4.69, 9.17) is 0 Å². The van der Waals surface area contributed by atoms with Crippen molar-refractivity contribution in [3.8, 4) is 0 Å². The van der Waals surface area contributed by atoms with Crippen molar-refractivity contribution < 1.29 is 9.59 Å². The summed E-state index contributed by atoms with van der Waals surface area (Å²) in [5.41, 5.74) is 1.10. The number of nitrogens with zero attached hydrogens (tertiary/aromatic N) is 4. The second-order valence-electron chi connectivity index (χ2n) is 6.36. The van der Waals surface area contributed by atoms with Crippen LogP contribution in [-0.2, 0) is 6.54 Å². The Bertz CT molecular complexity index is 545. The molecule has 1 aromatic rings. The van der Waals surface area contributed by atoms with Gasteiger partial charge in [0, 0.05) is 47.8 Å². The maximum absolute atomic E-state index is 12.6. The van der Waals surface area contributed by atoms with Gasteiger partial charge in [0.25, 0.3) is 0 Å². The highest BCUT2D eigenvalue weighted by Crippen LogP contribution is 2.20. The molecule has 0 aromatic heterocycles. The third-order valence-electron chi connectivity index (χ3n) is 4.08. The molecule has 1 aliphatic rings. The average Bonchev–Trinajstić information content (AvgIpc) is 3.01. The molecule has 1 atom stereocenters. The highest BCUT2D eigenvalue weighted by atomic mass is 16.2. The summed E-state index contributed by atoms with van der Waals surface area (Å²) in [5, 5.41) is 0. The van der Waals surface area contributed by atoms with Gasteiger partial charge in [0.1, 0.15) is 0 Å². The van der Waals surface area contributed by atoms with Crippen molar-refractivity contribution in [1.29, 1.82) is 0 Å². The fourth-order valence-corrected chi connectivity index (χ4v) is 2.84. The number of likely N-dealkylation sites (tertiary alicyclic amines) is 1. The fourth-order valence-electron chi connectivity index (χ4n) is 2.84. The maximum Gasteiger partial charge on any atom is 0.320 e. The van der Waals surface area contributed by atoms with E-state index in [1.165, 1.54) is 0 Å². The van der Waals surface area contributed by atoms with Gasteiger partial charge < -0.3 is 19.6 Å². The van der Waals surface area contributed by atoms with Crippen molar-refractivity contribution in [2.45, 2.75) is 19.0 Å². The Kier molecular flexibility index (Phi) is 5.47. The molecule has 0 bridgehead atoms. The number of urea groups is 2. The summed E-state index contributed by atoms with van der Waals surface area (Å²) >= 11 is 0. The SMILES string of the molecule is CN(C)C(=O)N1CCC(N(Cc2ccccc2)C(=O)N(C)C)C1. The molecule has 126 valence electrons. The lowest BCUT2D eigenvalue weighted by molar-refractivity contribution is 0.142. The van der Waals surface area contributed by atoms with Crippen LogP contribution in [-0.4, -0.2) is 79.0 Å². The van der Waals surface area contributed by atoms with E-state index in [1.807, 2.05) is 40.1 Å². The molecule has 1 unspecified atom stereocenters. The summed E-state index contributed by atoms with van der Waals surface area (Å²) in [4.78, 5) is 31.6. The first-order chi connectivity index (χ1) is 10.9. The molecule has 0 spiro atoms. The van der Waals surface area contributed by atoms with Crippen LogP contribution in [0.5, 0.6) is 0 Å². The molecule has 0 aliphatic carbocycles. The summed E-state index contributed by atoms with van der Waals surface area (Å²) in [6, 6.07) is 10.0. The standard InChI is InChI=1S/C17H26N4O2/c1-18(2)16(22)20-11-10-15(13-20)21(17(23)19(3)4)12-14-8-6-5-7-9-14/h5-9,15H,10-13H2,1-4H3. The predicted molar refractivity (Wildman–Crippen MR) is 90.1 cm³/mol. The van der Waals surface area contributed by atoms with Crippen LogP contribution in [0.25, 0.3) is 0 Å². The van der Waals surface area contributed by atoms with Crippen LogP contribution in [0, 0.1) is 0 Å². The van der Waals surface area contributed by atoms with Gasteiger partial charge in [-0.05, 0) is 12.0 Å². The molecule has 0 N–H and O–H groups in total. The molecule has 1 saturated heterocycles. The zero-order valence-corrected chi connectivity index (χ0v) is 14.4. The van der Waals surface area contributed by atoms with Crippen molar-refractivity contribution in [3.05, 3.63) is 35.9 Å². The first kappa shape index (κ1) is 17.1. The quantitative estimate of drug-likeness (QED) is 0.855. The maximum atomic E-state index is 12.6. The van der Waals surface area contributed by atoms with E-state index in [0.29, 0.717) is 19.6 Å². The van der Waals surface area contributed by atoms with Crippen LogP contribution >= 0.6 is 0 Å². The van der Waals surface area contributed by atoms with Crippen LogP contribution in [0.15, 0.2) is 30.3 Å². The average molecular weight is 318 g/mol. The number of carbonyl (C=O) groups excluding carboxylic acids is 2. The van der Waals surface area contributed by atoms with Gasteiger partial charge in [0.15, 0.2) is 0 Å². The normalized spacial score (nSPS) is 17.0. The van der Waals surface area contributed by atoms with Gasteiger partial charge in [-0.2, -0.15) is 0 Å². The lowest BCUT2D eigenvalue weighted by Crippen LogP contribution is -2.47. The van der Waals surface area contributed by atoms with Crippen molar-refractivity contribution in [2.75, 3.05) is 41.3 Å². The van der Waals surface area contributed by atoms with Gasteiger partial charge in [0.2, 0.25) is 0 Å². The molecule has 1 fully saturated rings. The van der Waals surface area contributed by atoms with Crippen LogP contribution < -0.4 is 0 Å². The minimum atomic E-state index is -0.0157. The van der Waals surface area contributed by atoms with Gasteiger partial charge in [-0.25, -0.2) is 9.59 Å². The fraction of sp³-hybridized carbons (Fsp3) is 0.529. The first-order valence-corrected chi connectivity index (χ1v) is 7.88. The zero-order chi connectivity index (χ0) is 17.0. The molecule has 1 aromatic carbocycles. The highest BCUT2D eigenvalue weighted by molar-refractivity contribution is 5.76. The second kappa shape index (κ2) is 7.35.